The molecule has 0 saturated carbocycles. The third-order valence-corrected chi connectivity index (χ3v) is 9.17. The number of rotatable bonds is 19. The Bertz CT molecular complexity index is 1610. The van der Waals surface area contributed by atoms with Crippen LogP contribution < -0.4 is 9.47 Å². The van der Waals surface area contributed by atoms with Gasteiger partial charge in [-0.2, -0.15) is 0 Å². The molecule has 0 radical (unpaired) electrons. The third kappa shape index (κ3) is 10.8. The average molecular weight is 717 g/mol. The molecule has 1 unspecified atom stereocenters. The summed E-state index contributed by atoms with van der Waals surface area (Å²) in [5, 5.41) is 0. The van der Waals surface area contributed by atoms with Crippen molar-refractivity contribution in [2.24, 2.45) is 5.41 Å². The lowest BCUT2D eigenvalue weighted by Gasteiger charge is -2.48. The molecule has 0 bridgehead atoms. The first-order valence-corrected chi connectivity index (χ1v) is 17.4. The first-order chi connectivity index (χ1) is 25.0. The van der Waals surface area contributed by atoms with Crippen molar-refractivity contribution in [1.82, 2.24) is 0 Å². The van der Waals surface area contributed by atoms with E-state index in [0.717, 1.165) is 28.2 Å². The van der Waals surface area contributed by atoms with Crippen molar-refractivity contribution in [1.29, 1.82) is 0 Å². The Labute approximate surface area is 307 Å². The molecule has 1 heterocycles. The van der Waals surface area contributed by atoms with E-state index in [-0.39, 0.29) is 24.7 Å². The van der Waals surface area contributed by atoms with Crippen LogP contribution in [0.3, 0.4) is 0 Å². The van der Waals surface area contributed by atoms with Gasteiger partial charge >= 0.3 is 5.97 Å². The maximum Gasteiger partial charge on any atom is 0.330 e. The van der Waals surface area contributed by atoms with Gasteiger partial charge in [-0.25, -0.2) is 4.79 Å². The summed E-state index contributed by atoms with van der Waals surface area (Å²) < 4.78 is 46.9. The van der Waals surface area contributed by atoms with Crippen molar-refractivity contribution in [3.8, 4) is 11.5 Å². The van der Waals surface area contributed by atoms with Crippen LogP contribution in [-0.2, 0) is 57.8 Å². The number of carbonyl (C=O) groups is 2. The van der Waals surface area contributed by atoms with Gasteiger partial charge in [-0.05, 0) is 47.9 Å². The predicted octanol–water partition coefficient (Wildman–Crippen LogP) is 7.18. The summed E-state index contributed by atoms with van der Waals surface area (Å²) in [5.41, 5.74) is 2.24. The minimum absolute atomic E-state index is 0.150. The lowest BCUT2D eigenvalue weighted by Crippen LogP contribution is -2.60. The molecule has 0 spiro atoms. The topological polar surface area (TPSA) is 108 Å². The van der Waals surface area contributed by atoms with E-state index in [4.69, 9.17) is 37.9 Å². The van der Waals surface area contributed by atoms with Gasteiger partial charge in [0.05, 0.1) is 66.1 Å². The van der Waals surface area contributed by atoms with Crippen LogP contribution in [0.25, 0.3) is 0 Å². The SMILES string of the molecule is COC(=O)/C=C1\C[C@@H](CC(OCc2ccc(OC)cc2)[C@@H](C)OCc2ccccc2)O[C@@](OC)(C(C)(C)/C=C/COCc2ccc(OC)cc2)C1=O. The van der Waals surface area contributed by atoms with Gasteiger partial charge in [0.15, 0.2) is 0 Å². The normalized spacial score (nSPS) is 19.8. The quantitative estimate of drug-likeness (QED) is 0.0548. The Morgan fingerprint density at radius 3 is 2.00 bits per heavy atom. The standard InChI is InChI=1S/C42H52O10/c1-30(50-28-31-12-9-8-10-13-31)38(51-29-33-16-20-36(46-5)21-17-33)26-37-24-34(25-39(43)47-6)40(44)42(48-7,52-37)41(2,3)22-11-23-49-27-32-14-18-35(45-4)19-15-32/h8-22,25,30,37-38H,23-24,26-29H2,1-7H3/b22-11+,34-25+/t30-,37+,38?,42-/m1/s1. The molecular formula is C42H52O10. The lowest BCUT2D eigenvalue weighted by molar-refractivity contribution is -0.280. The van der Waals surface area contributed by atoms with Crippen LogP contribution in [-0.4, -0.2) is 70.9 Å². The molecule has 10 heteroatoms. The highest BCUT2D eigenvalue weighted by Gasteiger charge is 2.57. The molecule has 3 aromatic rings. The first-order valence-electron chi connectivity index (χ1n) is 17.4. The molecule has 0 aromatic heterocycles. The molecule has 0 amide bonds. The fourth-order valence-electron chi connectivity index (χ4n) is 6.09. The number of Topliss-reactive ketones (excluding diaryl/α,β-unsaturated/α-hetero) is 1. The molecule has 0 aliphatic carbocycles. The van der Waals surface area contributed by atoms with Crippen molar-refractivity contribution in [2.45, 2.75) is 77.5 Å². The third-order valence-electron chi connectivity index (χ3n) is 9.17. The number of hydrogen-bond acceptors (Lipinski definition) is 10. The second kappa shape index (κ2) is 19.5. The van der Waals surface area contributed by atoms with Gasteiger partial charge in [-0.3, -0.25) is 4.79 Å². The van der Waals surface area contributed by atoms with Gasteiger partial charge in [0.1, 0.15) is 11.5 Å². The smallest absolute Gasteiger partial charge is 0.330 e. The molecule has 4 atom stereocenters. The average Bonchev–Trinajstić information content (AvgIpc) is 3.17. The van der Waals surface area contributed by atoms with Crippen LogP contribution >= 0.6 is 0 Å². The molecule has 52 heavy (non-hydrogen) atoms. The van der Waals surface area contributed by atoms with E-state index in [2.05, 4.69) is 0 Å². The van der Waals surface area contributed by atoms with E-state index in [1.54, 1.807) is 14.2 Å². The highest BCUT2D eigenvalue weighted by Crippen LogP contribution is 2.45. The highest BCUT2D eigenvalue weighted by atomic mass is 16.7. The summed E-state index contributed by atoms with van der Waals surface area (Å²) in [5.74, 6) is -1.33. The molecule has 280 valence electrons. The van der Waals surface area contributed by atoms with Crippen molar-refractivity contribution in [3.63, 3.8) is 0 Å². The van der Waals surface area contributed by atoms with Crippen LogP contribution in [0.1, 0.15) is 50.3 Å². The summed E-state index contributed by atoms with van der Waals surface area (Å²) in [7, 11) is 5.97. The predicted molar refractivity (Wildman–Crippen MR) is 197 cm³/mol. The van der Waals surface area contributed by atoms with Crippen molar-refractivity contribution >= 4 is 11.8 Å². The number of esters is 1. The molecule has 1 aliphatic heterocycles. The van der Waals surface area contributed by atoms with Gasteiger partial charge in [-0.1, -0.05) is 80.6 Å². The minimum atomic E-state index is -1.77. The van der Waals surface area contributed by atoms with Crippen LogP contribution in [0.2, 0.25) is 0 Å². The summed E-state index contributed by atoms with van der Waals surface area (Å²) in [6.07, 6.45) is 4.01. The first kappa shape index (κ1) is 40.5. The molecule has 3 aromatic carbocycles. The summed E-state index contributed by atoms with van der Waals surface area (Å²) in [4.78, 5) is 26.7. The number of benzene rings is 3. The number of ketones is 1. The maximum absolute atomic E-state index is 14.2. The van der Waals surface area contributed by atoms with Gasteiger partial charge in [0.2, 0.25) is 11.6 Å². The second-order valence-electron chi connectivity index (χ2n) is 13.2. The van der Waals surface area contributed by atoms with E-state index >= 15 is 0 Å². The van der Waals surface area contributed by atoms with Crippen LogP contribution in [0.5, 0.6) is 11.5 Å². The van der Waals surface area contributed by atoms with E-state index in [9.17, 15) is 9.59 Å². The lowest BCUT2D eigenvalue weighted by atomic mass is 9.75. The van der Waals surface area contributed by atoms with Gasteiger partial charge in [-0.15, -0.1) is 0 Å². The Morgan fingerprint density at radius 2 is 1.42 bits per heavy atom. The van der Waals surface area contributed by atoms with Gasteiger partial charge in [0, 0.05) is 37.0 Å². The Balaban J connectivity index is 1.56. The minimum Gasteiger partial charge on any atom is -0.497 e. The van der Waals surface area contributed by atoms with E-state index in [0.29, 0.717) is 26.2 Å². The molecular weight excluding hydrogens is 664 g/mol. The fraction of sp³-hybridized carbons (Fsp3) is 0.429. The Hall–Kier alpha value is -4.32. The molecule has 10 nitrogen and oxygen atoms in total. The van der Waals surface area contributed by atoms with Crippen LogP contribution in [0.15, 0.2) is 103 Å². The zero-order valence-corrected chi connectivity index (χ0v) is 31.3. The molecule has 1 fully saturated rings. The highest BCUT2D eigenvalue weighted by molar-refractivity contribution is 6.06. The van der Waals surface area contributed by atoms with Gasteiger partial charge in [0.25, 0.3) is 0 Å². The zero-order valence-electron chi connectivity index (χ0n) is 31.3. The summed E-state index contributed by atoms with van der Waals surface area (Å²) in [6, 6.07) is 25.2. The van der Waals surface area contributed by atoms with E-state index in [1.807, 2.05) is 112 Å². The molecule has 4 rings (SSSR count). The molecule has 1 aliphatic rings. The number of methoxy groups -OCH3 is 4. The van der Waals surface area contributed by atoms with Crippen molar-refractivity contribution in [2.75, 3.05) is 35.0 Å². The molecule has 0 N–H and O–H groups in total. The maximum atomic E-state index is 14.2. The Morgan fingerprint density at radius 1 is 0.846 bits per heavy atom. The number of ether oxygens (including phenoxy) is 8. The number of carbonyl (C=O) groups excluding carboxylic acids is 2. The largest absolute Gasteiger partial charge is 0.497 e. The van der Waals surface area contributed by atoms with E-state index < -0.39 is 35.2 Å². The van der Waals surface area contributed by atoms with E-state index in [1.165, 1.54) is 20.3 Å². The molecule has 1 saturated heterocycles. The monoisotopic (exact) mass is 716 g/mol. The second-order valence-corrected chi connectivity index (χ2v) is 13.2. The summed E-state index contributed by atoms with van der Waals surface area (Å²) >= 11 is 0. The number of hydrogen-bond donors (Lipinski definition) is 0. The van der Waals surface area contributed by atoms with Gasteiger partial charge < -0.3 is 37.9 Å². The zero-order chi connectivity index (χ0) is 37.6. The Kier molecular flexibility index (Phi) is 15.2. The summed E-state index contributed by atoms with van der Waals surface area (Å²) in [6.45, 7) is 7.06. The van der Waals surface area contributed by atoms with Crippen LogP contribution in [0.4, 0.5) is 0 Å². The van der Waals surface area contributed by atoms with Crippen molar-refractivity contribution in [3.05, 3.63) is 119 Å². The van der Waals surface area contributed by atoms with Crippen LogP contribution in [0, 0.1) is 5.41 Å². The van der Waals surface area contributed by atoms with Crippen molar-refractivity contribution < 1.29 is 47.5 Å². The fourth-order valence-corrected chi connectivity index (χ4v) is 6.09.